The summed E-state index contributed by atoms with van der Waals surface area (Å²) < 4.78 is 5.51. The van der Waals surface area contributed by atoms with Crippen LogP contribution in [0, 0.1) is 17.2 Å². The van der Waals surface area contributed by atoms with Crippen LogP contribution in [0.25, 0.3) is 0 Å². The molecule has 0 aliphatic heterocycles. The molecule has 0 N–H and O–H groups in total. The van der Waals surface area contributed by atoms with Gasteiger partial charge in [-0.05, 0) is 27.2 Å². The van der Waals surface area contributed by atoms with Gasteiger partial charge in [0.2, 0.25) is 0 Å². The smallest absolute Gasteiger partial charge is 0.0677 e. The van der Waals surface area contributed by atoms with E-state index in [9.17, 15) is 0 Å². The fourth-order valence-electron chi connectivity index (χ4n) is 0.490. The zero-order valence-corrected chi connectivity index (χ0v) is 7.85. The van der Waals surface area contributed by atoms with E-state index in [0.717, 1.165) is 6.42 Å². The van der Waals surface area contributed by atoms with Crippen LogP contribution in [0.1, 0.15) is 34.1 Å². The Hall–Kier alpha value is -0.550. The summed E-state index contributed by atoms with van der Waals surface area (Å²) in [4.78, 5) is 0. The van der Waals surface area contributed by atoms with Gasteiger partial charge >= 0.3 is 0 Å². The molecular formula is C9H17NO. The van der Waals surface area contributed by atoms with Gasteiger partial charge in [-0.15, -0.1) is 0 Å². The maximum atomic E-state index is 8.47. The van der Waals surface area contributed by atoms with Crippen LogP contribution in [0.2, 0.25) is 0 Å². The highest BCUT2D eigenvalue weighted by Crippen LogP contribution is 2.14. The van der Waals surface area contributed by atoms with Gasteiger partial charge in [0, 0.05) is 0 Å². The van der Waals surface area contributed by atoms with Crippen molar-refractivity contribution in [3.63, 3.8) is 0 Å². The van der Waals surface area contributed by atoms with Crippen LogP contribution in [0.3, 0.4) is 0 Å². The van der Waals surface area contributed by atoms with E-state index in [1.165, 1.54) is 0 Å². The molecule has 2 nitrogen and oxygen atoms in total. The predicted octanol–water partition coefficient (Wildman–Crippen LogP) is 2.35. The van der Waals surface area contributed by atoms with Crippen LogP contribution in [0.4, 0.5) is 0 Å². The minimum atomic E-state index is -0.0783. The first-order valence-corrected chi connectivity index (χ1v) is 4.05. The molecule has 0 rings (SSSR count). The molecule has 2 heteroatoms. The van der Waals surface area contributed by atoms with Gasteiger partial charge in [0.05, 0.1) is 24.2 Å². The zero-order chi connectivity index (χ0) is 8.91. The average Bonchev–Trinajstić information content (AvgIpc) is 2.00. The molecule has 0 aliphatic rings. The van der Waals surface area contributed by atoms with Crippen LogP contribution in [-0.4, -0.2) is 12.2 Å². The molecule has 0 saturated carbocycles. The number of ether oxygens (including phenoxy) is 1. The van der Waals surface area contributed by atoms with E-state index in [2.05, 4.69) is 13.0 Å². The quantitative estimate of drug-likeness (QED) is 0.624. The molecule has 64 valence electrons. The molecular weight excluding hydrogens is 138 g/mol. The van der Waals surface area contributed by atoms with Gasteiger partial charge in [0.25, 0.3) is 0 Å². The third-order valence-electron chi connectivity index (χ3n) is 1.80. The van der Waals surface area contributed by atoms with Gasteiger partial charge in [0.1, 0.15) is 0 Å². The minimum Gasteiger partial charge on any atom is -0.374 e. The first kappa shape index (κ1) is 10.4. The van der Waals surface area contributed by atoms with E-state index in [-0.39, 0.29) is 11.5 Å². The van der Waals surface area contributed by atoms with Gasteiger partial charge in [-0.3, -0.25) is 0 Å². The molecule has 0 fully saturated rings. The van der Waals surface area contributed by atoms with E-state index in [1.54, 1.807) is 0 Å². The molecule has 0 aromatic carbocycles. The largest absolute Gasteiger partial charge is 0.374 e. The van der Waals surface area contributed by atoms with Gasteiger partial charge in [0.15, 0.2) is 0 Å². The Morgan fingerprint density at radius 1 is 1.55 bits per heavy atom. The van der Waals surface area contributed by atoms with Gasteiger partial charge in [-0.1, -0.05) is 6.92 Å². The average molecular weight is 155 g/mol. The highest BCUT2D eigenvalue weighted by Gasteiger charge is 2.16. The van der Waals surface area contributed by atoms with E-state index < -0.39 is 0 Å². The Labute approximate surface area is 69.2 Å². The van der Waals surface area contributed by atoms with Crippen molar-refractivity contribution in [3.05, 3.63) is 0 Å². The van der Waals surface area contributed by atoms with Crippen molar-refractivity contribution in [1.82, 2.24) is 0 Å². The maximum Gasteiger partial charge on any atom is 0.0677 e. The van der Waals surface area contributed by atoms with Crippen molar-refractivity contribution >= 4 is 0 Å². The first-order chi connectivity index (χ1) is 5.02. The van der Waals surface area contributed by atoms with Crippen LogP contribution >= 0.6 is 0 Å². The first-order valence-electron chi connectivity index (χ1n) is 4.05. The van der Waals surface area contributed by atoms with Crippen LogP contribution in [0.15, 0.2) is 0 Å². The Balaban J connectivity index is 3.63. The second-order valence-corrected chi connectivity index (χ2v) is 3.45. The van der Waals surface area contributed by atoms with Crippen molar-refractivity contribution in [2.75, 3.05) is 6.61 Å². The molecule has 0 amide bonds. The molecule has 1 unspecified atom stereocenters. The molecule has 0 radical (unpaired) electrons. The Bertz CT molecular complexity index is 146. The summed E-state index contributed by atoms with van der Waals surface area (Å²) in [7, 11) is 0. The van der Waals surface area contributed by atoms with Crippen molar-refractivity contribution in [3.8, 4) is 6.07 Å². The lowest BCUT2D eigenvalue weighted by Gasteiger charge is -2.23. The van der Waals surface area contributed by atoms with Crippen LogP contribution in [0.5, 0.6) is 0 Å². The molecule has 0 aromatic heterocycles. The third kappa shape index (κ3) is 4.80. The summed E-state index contributed by atoms with van der Waals surface area (Å²) in [5, 5.41) is 8.47. The zero-order valence-electron chi connectivity index (χ0n) is 7.85. The Kier molecular flexibility index (Phi) is 4.14. The summed E-state index contributed by atoms with van der Waals surface area (Å²) in [5.74, 6) is 0.000764. The molecule has 0 spiro atoms. The summed E-state index contributed by atoms with van der Waals surface area (Å²) in [6, 6.07) is 2.14. The number of hydrogen-bond acceptors (Lipinski definition) is 2. The van der Waals surface area contributed by atoms with Gasteiger partial charge in [-0.2, -0.15) is 5.26 Å². The normalized spacial score (nSPS) is 14.1. The molecule has 0 aromatic rings. The molecule has 1 atom stereocenters. The maximum absolute atomic E-state index is 8.47. The minimum absolute atomic E-state index is 0.000764. The highest BCUT2D eigenvalue weighted by molar-refractivity contribution is 4.79. The Morgan fingerprint density at radius 2 is 2.09 bits per heavy atom. The molecule has 0 heterocycles. The Morgan fingerprint density at radius 3 is 2.45 bits per heavy atom. The molecule has 0 bridgehead atoms. The SMILES string of the molecule is CCC(C)(C)OCC(C)C#N. The van der Waals surface area contributed by atoms with E-state index in [4.69, 9.17) is 10.00 Å². The topological polar surface area (TPSA) is 33.0 Å². The van der Waals surface area contributed by atoms with Crippen molar-refractivity contribution < 1.29 is 4.74 Å². The number of hydrogen-bond donors (Lipinski definition) is 0. The van der Waals surface area contributed by atoms with Crippen molar-refractivity contribution in [2.24, 2.45) is 5.92 Å². The lowest BCUT2D eigenvalue weighted by molar-refractivity contribution is -0.0283. The predicted molar refractivity (Wildman–Crippen MR) is 45.1 cm³/mol. The lowest BCUT2D eigenvalue weighted by atomic mass is 10.1. The fraction of sp³-hybridized carbons (Fsp3) is 0.889. The van der Waals surface area contributed by atoms with Crippen molar-refractivity contribution in [2.45, 2.75) is 39.7 Å². The summed E-state index contributed by atoms with van der Waals surface area (Å²) in [6.07, 6.45) is 0.977. The van der Waals surface area contributed by atoms with E-state index in [1.807, 2.05) is 20.8 Å². The van der Waals surface area contributed by atoms with Crippen molar-refractivity contribution in [1.29, 1.82) is 5.26 Å². The van der Waals surface area contributed by atoms with Gasteiger partial charge in [-0.25, -0.2) is 0 Å². The number of rotatable bonds is 4. The third-order valence-corrected chi connectivity index (χ3v) is 1.80. The molecule has 11 heavy (non-hydrogen) atoms. The van der Waals surface area contributed by atoms with E-state index in [0.29, 0.717) is 6.61 Å². The van der Waals surface area contributed by atoms with E-state index >= 15 is 0 Å². The van der Waals surface area contributed by atoms with Gasteiger partial charge < -0.3 is 4.74 Å². The fourth-order valence-corrected chi connectivity index (χ4v) is 0.490. The summed E-state index contributed by atoms with van der Waals surface area (Å²) >= 11 is 0. The number of nitrogens with zero attached hydrogens (tertiary/aromatic N) is 1. The standard InChI is InChI=1S/C9H17NO/c1-5-9(3,4)11-7-8(2)6-10/h8H,5,7H2,1-4H3. The second-order valence-electron chi connectivity index (χ2n) is 3.45. The molecule has 0 aliphatic carbocycles. The highest BCUT2D eigenvalue weighted by atomic mass is 16.5. The summed E-state index contributed by atoms with van der Waals surface area (Å²) in [6.45, 7) is 8.56. The summed E-state index contributed by atoms with van der Waals surface area (Å²) in [5.41, 5.74) is -0.0783. The van der Waals surface area contributed by atoms with Crippen LogP contribution < -0.4 is 0 Å². The number of nitriles is 1. The molecule has 0 saturated heterocycles. The van der Waals surface area contributed by atoms with Crippen LogP contribution in [-0.2, 0) is 4.74 Å². The monoisotopic (exact) mass is 155 g/mol. The second kappa shape index (κ2) is 4.35. The lowest BCUT2D eigenvalue weighted by Crippen LogP contribution is -2.25.